The van der Waals surface area contributed by atoms with Crippen LogP contribution >= 0.6 is 0 Å². The van der Waals surface area contributed by atoms with E-state index < -0.39 is 6.36 Å². The van der Waals surface area contributed by atoms with Gasteiger partial charge in [-0.25, -0.2) is 0 Å². The molecule has 4 nitrogen and oxygen atoms in total. The molecule has 0 radical (unpaired) electrons. The maximum Gasteiger partial charge on any atom is 0.573 e. The third-order valence-electron chi connectivity index (χ3n) is 3.15. The lowest BCUT2D eigenvalue weighted by Gasteiger charge is -2.41. The minimum Gasteiger partial charge on any atom is -0.488 e. The molecular weight excluding hydrogens is 287 g/mol. The fraction of sp³-hybridized carbons (Fsp3) is 0.571. The van der Waals surface area contributed by atoms with E-state index in [0.717, 1.165) is 6.42 Å². The normalized spacial score (nSPS) is 25.3. The minimum atomic E-state index is -4.69. The fourth-order valence-corrected chi connectivity index (χ4v) is 2.11. The highest BCUT2D eigenvalue weighted by molar-refractivity contribution is 5.31. The molecule has 1 aliphatic rings. The Bertz CT molecular complexity index is 450. The van der Waals surface area contributed by atoms with Gasteiger partial charge in [-0.1, -0.05) is 6.92 Å². The van der Waals surface area contributed by atoms with Crippen LogP contribution in [0.4, 0.5) is 13.2 Å². The van der Waals surface area contributed by atoms with Crippen molar-refractivity contribution < 1.29 is 27.4 Å². The van der Waals surface area contributed by atoms with Crippen molar-refractivity contribution in [2.24, 2.45) is 5.73 Å². The predicted molar refractivity (Wildman–Crippen MR) is 70.2 cm³/mol. The van der Waals surface area contributed by atoms with Crippen molar-refractivity contribution >= 4 is 0 Å². The predicted octanol–water partition coefficient (Wildman–Crippen LogP) is 2.86. The summed E-state index contributed by atoms with van der Waals surface area (Å²) in [5, 5.41) is 0. The van der Waals surface area contributed by atoms with Gasteiger partial charge in [0, 0.05) is 19.1 Å². The Morgan fingerprint density at radius 3 is 2.33 bits per heavy atom. The third-order valence-corrected chi connectivity index (χ3v) is 3.15. The van der Waals surface area contributed by atoms with E-state index in [-0.39, 0.29) is 24.0 Å². The second kappa shape index (κ2) is 6.53. The molecule has 7 heteroatoms. The number of benzene rings is 1. The number of hydrogen-bond acceptors (Lipinski definition) is 4. The molecule has 1 fully saturated rings. The van der Waals surface area contributed by atoms with E-state index in [1.54, 1.807) is 0 Å². The summed E-state index contributed by atoms with van der Waals surface area (Å²) >= 11 is 0. The zero-order valence-electron chi connectivity index (χ0n) is 11.6. The van der Waals surface area contributed by atoms with E-state index in [1.807, 2.05) is 6.92 Å². The highest BCUT2D eigenvalue weighted by atomic mass is 19.4. The number of nitrogens with two attached hydrogens (primary N) is 1. The minimum absolute atomic E-state index is 0.0608. The molecule has 0 aliphatic heterocycles. The van der Waals surface area contributed by atoms with Crippen LogP contribution in [-0.2, 0) is 4.74 Å². The molecule has 1 saturated carbocycles. The van der Waals surface area contributed by atoms with Crippen LogP contribution in [0.3, 0.4) is 0 Å². The average Bonchev–Trinajstić information content (AvgIpc) is 2.39. The molecule has 118 valence electrons. The molecule has 3 atom stereocenters. The zero-order valence-corrected chi connectivity index (χ0v) is 11.6. The van der Waals surface area contributed by atoms with Gasteiger partial charge in [-0.3, -0.25) is 0 Å². The molecule has 0 aromatic heterocycles. The van der Waals surface area contributed by atoms with E-state index in [9.17, 15) is 13.2 Å². The maximum atomic E-state index is 12.0. The number of ether oxygens (including phenoxy) is 3. The molecular formula is C14H18F3NO3. The Hall–Kier alpha value is -1.47. The number of alkyl halides is 3. The van der Waals surface area contributed by atoms with Crippen LogP contribution in [0.2, 0.25) is 0 Å². The molecule has 3 unspecified atom stereocenters. The Kier molecular flexibility index (Phi) is 4.95. The van der Waals surface area contributed by atoms with Crippen molar-refractivity contribution in [3.63, 3.8) is 0 Å². The largest absolute Gasteiger partial charge is 0.573 e. The summed E-state index contributed by atoms with van der Waals surface area (Å²) < 4.78 is 51.2. The van der Waals surface area contributed by atoms with Gasteiger partial charge in [-0.15, -0.1) is 13.2 Å². The van der Waals surface area contributed by atoms with Crippen LogP contribution in [0.25, 0.3) is 0 Å². The van der Waals surface area contributed by atoms with Crippen LogP contribution in [0, 0.1) is 0 Å². The topological polar surface area (TPSA) is 53.7 Å². The first-order chi connectivity index (χ1) is 9.89. The molecule has 0 saturated heterocycles. The lowest BCUT2D eigenvalue weighted by atomic mass is 9.86. The van der Waals surface area contributed by atoms with E-state index in [1.165, 1.54) is 24.3 Å². The SMILES string of the molecule is CCCOC1C(N)CC1Oc1ccc(OC(F)(F)F)cc1. The highest BCUT2D eigenvalue weighted by Crippen LogP contribution is 2.30. The fourth-order valence-electron chi connectivity index (χ4n) is 2.11. The molecule has 21 heavy (non-hydrogen) atoms. The van der Waals surface area contributed by atoms with Gasteiger partial charge in [-0.05, 0) is 30.7 Å². The van der Waals surface area contributed by atoms with Crippen molar-refractivity contribution in [1.82, 2.24) is 0 Å². The molecule has 0 heterocycles. The lowest BCUT2D eigenvalue weighted by Crippen LogP contribution is -2.59. The van der Waals surface area contributed by atoms with Gasteiger partial charge in [0.15, 0.2) is 0 Å². The summed E-state index contributed by atoms with van der Waals surface area (Å²) in [7, 11) is 0. The summed E-state index contributed by atoms with van der Waals surface area (Å²) in [5.74, 6) is 0.186. The van der Waals surface area contributed by atoms with E-state index in [0.29, 0.717) is 18.8 Å². The summed E-state index contributed by atoms with van der Waals surface area (Å²) in [5.41, 5.74) is 5.85. The van der Waals surface area contributed by atoms with Crippen LogP contribution in [0.1, 0.15) is 19.8 Å². The molecule has 0 amide bonds. The molecule has 1 aliphatic carbocycles. The van der Waals surface area contributed by atoms with Gasteiger partial charge < -0.3 is 19.9 Å². The quantitative estimate of drug-likeness (QED) is 0.878. The zero-order chi connectivity index (χ0) is 15.5. The summed E-state index contributed by atoms with van der Waals surface area (Å²) in [6.45, 7) is 2.61. The van der Waals surface area contributed by atoms with Crippen LogP contribution in [0.5, 0.6) is 11.5 Å². The van der Waals surface area contributed by atoms with Crippen molar-refractivity contribution in [2.45, 2.75) is 44.4 Å². The van der Waals surface area contributed by atoms with Crippen molar-refractivity contribution in [1.29, 1.82) is 0 Å². The maximum absolute atomic E-state index is 12.0. The second-order valence-electron chi connectivity index (χ2n) is 4.91. The lowest BCUT2D eigenvalue weighted by molar-refractivity contribution is -0.274. The van der Waals surface area contributed by atoms with E-state index in [4.69, 9.17) is 15.2 Å². The van der Waals surface area contributed by atoms with Gasteiger partial charge in [0.25, 0.3) is 0 Å². The average molecular weight is 305 g/mol. The second-order valence-corrected chi connectivity index (χ2v) is 4.91. The van der Waals surface area contributed by atoms with Gasteiger partial charge in [-0.2, -0.15) is 0 Å². The molecule has 1 aromatic carbocycles. The van der Waals surface area contributed by atoms with Crippen molar-refractivity contribution in [3.05, 3.63) is 24.3 Å². The molecule has 0 spiro atoms. The highest BCUT2D eigenvalue weighted by Gasteiger charge is 2.41. The Balaban J connectivity index is 1.88. The van der Waals surface area contributed by atoms with E-state index in [2.05, 4.69) is 4.74 Å². The van der Waals surface area contributed by atoms with E-state index >= 15 is 0 Å². The van der Waals surface area contributed by atoms with Crippen LogP contribution < -0.4 is 15.2 Å². The summed E-state index contributed by atoms with van der Waals surface area (Å²) in [4.78, 5) is 0. The third kappa shape index (κ3) is 4.50. The first kappa shape index (κ1) is 15.9. The number of rotatable bonds is 6. The standard InChI is InChI=1S/C14H18F3NO3/c1-2-7-19-13-11(18)8-12(13)20-9-3-5-10(6-4-9)21-14(15,16)17/h3-6,11-13H,2,7-8,18H2,1H3. The number of hydrogen-bond donors (Lipinski definition) is 1. The van der Waals surface area contributed by atoms with Gasteiger partial charge in [0.05, 0.1) is 0 Å². The molecule has 2 N–H and O–H groups in total. The van der Waals surface area contributed by atoms with Gasteiger partial charge in [0.1, 0.15) is 23.7 Å². The van der Waals surface area contributed by atoms with Crippen molar-refractivity contribution in [3.8, 4) is 11.5 Å². The summed E-state index contributed by atoms with van der Waals surface area (Å²) in [6, 6.07) is 5.23. The molecule has 0 bridgehead atoms. The Morgan fingerprint density at radius 2 is 1.81 bits per heavy atom. The molecule has 1 aromatic rings. The molecule has 2 rings (SSSR count). The first-order valence-electron chi connectivity index (χ1n) is 6.78. The van der Waals surface area contributed by atoms with Gasteiger partial charge >= 0.3 is 6.36 Å². The van der Waals surface area contributed by atoms with Crippen molar-refractivity contribution in [2.75, 3.05) is 6.61 Å². The smallest absolute Gasteiger partial charge is 0.488 e. The van der Waals surface area contributed by atoms with Gasteiger partial charge in [0.2, 0.25) is 0 Å². The summed E-state index contributed by atoms with van der Waals surface area (Å²) in [6.07, 6.45) is -3.48. The monoisotopic (exact) mass is 305 g/mol. The van der Waals surface area contributed by atoms with Crippen LogP contribution in [-0.4, -0.2) is 31.2 Å². The first-order valence-corrected chi connectivity index (χ1v) is 6.78. The van der Waals surface area contributed by atoms with Crippen LogP contribution in [0.15, 0.2) is 24.3 Å². The number of halogens is 3. The Labute approximate surface area is 121 Å². The Morgan fingerprint density at radius 1 is 1.19 bits per heavy atom.